The lowest BCUT2D eigenvalue weighted by Crippen LogP contribution is -2.40. The number of imidazole rings is 1. The predicted molar refractivity (Wildman–Crippen MR) is 115 cm³/mol. The van der Waals surface area contributed by atoms with Crippen LogP contribution in [-0.2, 0) is 6.54 Å². The number of aliphatic hydroxyl groups excluding tert-OH is 1. The number of H-pyrrole nitrogens is 1. The van der Waals surface area contributed by atoms with Crippen LogP contribution < -0.4 is 4.90 Å². The van der Waals surface area contributed by atoms with E-state index in [4.69, 9.17) is 11.6 Å². The molecule has 0 aliphatic carbocycles. The van der Waals surface area contributed by atoms with Gasteiger partial charge in [-0.3, -0.25) is 4.79 Å². The fraction of sp³-hybridized carbons (Fsp3) is 0.318. The van der Waals surface area contributed by atoms with Crippen LogP contribution in [0.5, 0.6) is 0 Å². The van der Waals surface area contributed by atoms with Gasteiger partial charge in [0.05, 0.1) is 12.1 Å². The van der Waals surface area contributed by atoms with Gasteiger partial charge >= 0.3 is 0 Å². The maximum absolute atomic E-state index is 13.5. The van der Waals surface area contributed by atoms with Crippen molar-refractivity contribution in [3.63, 3.8) is 0 Å². The molecule has 2 aromatic heterocycles. The summed E-state index contributed by atoms with van der Waals surface area (Å²) in [6.07, 6.45) is 1.96. The molecular weight excluding hydrogens is 402 g/mol. The number of hydrogen-bond donors (Lipinski definition) is 2. The molecule has 5 rings (SSSR count). The Morgan fingerprint density at radius 2 is 2.13 bits per heavy atom. The number of hydrogen-bond acceptors (Lipinski definition) is 5. The molecule has 0 bridgehead atoms. The van der Waals surface area contributed by atoms with E-state index in [0.29, 0.717) is 48.3 Å². The van der Waals surface area contributed by atoms with E-state index in [1.165, 1.54) is 0 Å². The smallest absolute Gasteiger partial charge is 0.274 e. The van der Waals surface area contributed by atoms with Crippen LogP contribution in [0.25, 0.3) is 11.4 Å². The van der Waals surface area contributed by atoms with Crippen LogP contribution >= 0.6 is 11.6 Å². The Labute approximate surface area is 179 Å². The molecule has 0 saturated carbocycles. The maximum atomic E-state index is 13.5. The Kier molecular flexibility index (Phi) is 4.72. The number of aliphatic hydroxyl groups is 1. The van der Waals surface area contributed by atoms with E-state index in [1.807, 2.05) is 42.2 Å². The van der Waals surface area contributed by atoms with Crippen molar-refractivity contribution in [3.8, 4) is 11.4 Å². The molecule has 0 spiro atoms. The highest BCUT2D eigenvalue weighted by molar-refractivity contribution is 6.30. The number of carbonyl (C=O) groups is 1. The third kappa shape index (κ3) is 3.34. The number of halogens is 1. The average Bonchev–Trinajstić information content (AvgIpc) is 3.25. The predicted octanol–water partition coefficient (Wildman–Crippen LogP) is 3.03. The number of fused-ring (bicyclic) bond motifs is 3. The van der Waals surface area contributed by atoms with E-state index in [1.54, 1.807) is 12.3 Å². The topological polar surface area (TPSA) is 85.4 Å². The highest BCUT2D eigenvalue weighted by atomic mass is 35.5. The number of nitrogens with one attached hydrogen (secondary N) is 1. The van der Waals surface area contributed by atoms with E-state index < -0.39 is 6.10 Å². The van der Waals surface area contributed by atoms with Crippen LogP contribution in [0.15, 0.2) is 42.6 Å². The zero-order chi connectivity index (χ0) is 20.8. The number of rotatable bonds is 2. The number of pyridine rings is 1. The Morgan fingerprint density at radius 1 is 1.27 bits per heavy atom. The Bertz CT molecular complexity index is 1110. The number of carbonyl (C=O) groups excluding carboxylic acids is 1. The van der Waals surface area contributed by atoms with Crippen molar-refractivity contribution >= 4 is 23.3 Å². The van der Waals surface area contributed by atoms with Gasteiger partial charge in [-0.05, 0) is 31.5 Å². The molecule has 0 unspecified atom stereocenters. The minimum absolute atomic E-state index is 0.0340. The third-order valence-electron chi connectivity index (χ3n) is 5.80. The Hall–Kier alpha value is -2.90. The van der Waals surface area contributed by atoms with E-state index in [9.17, 15) is 9.90 Å². The van der Waals surface area contributed by atoms with Gasteiger partial charge in [-0.25, -0.2) is 9.97 Å². The molecule has 1 saturated heterocycles. The Balaban J connectivity index is 1.48. The summed E-state index contributed by atoms with van der Waals surface area (Å²) in [7, 11) is 0. The summed E-state index contributed by atoms with van der Waals surface area (Å²) >= 11 is 6.11. The highest BCUT2D eigenvalue weighted by Crippen LogP contribution is 2.32. The lowest BCUT2D eigenvalue weighted by molar-refractivity contribution is 0.0727. The van der Waals surface area contributed by atoms with Crippen molar-refractivity contribution in [1.29, 1.82) is 0 Å². The van der Waals surface area contributed by atoms with Gasteiger partial charge in [-0.1, -0.05) is 29.8 Å². The number of anilines is 1. The molecular formula is C22H22ClN5O2. The quantitative estimate of drug-likeness (QED) is 0.661. The first kappa shape index (κ1) is 19.1. The zero-order valence-corrected chi connectivity index (χ0v) is 17.3. The molecule has 1 aromatic carbocycles. The van der Waals surface area contributed by atoms with Crippen LogP contribution in [0.4, 0.5) is 5.82 Å². The van der Waals surface area contributed by atoms with Gasteiger partial charge in [-0.15, -0.1) is 0 Å². The van der Waals surface area contributed by atoms with Crippen molar-refractivity contribution in [3.05, 3.63) is 64.6 Å². The van der Waals surface area contributed by atoms with Gasteiger partial charge in [0.15, 0.2) is 0 Å². The average molecular weight is 424 g/mol. The van der Waals surface area contributed by atoms with Crippen LogP contribution in [0.1, 0.15) is 28.2 Å². The van der Waals surface area contributed by atoms with Crippen LogP contribution in [0.2, 0.25) is 5.02 Å². The van der Waals surface area contributed by atoms with Gasteiger partial charge in [0, 0.05) is 47.7 Å². The number of benzene rings is 1. The highest BCUT2D eigenvalue weighted by Gasteiger charge is 2.38. The SMILES string of the molecule is Cc1[nH]c(-c2cccc(Cl)c2)nc1C(=O)N1Cc2cccnc2N2C[C@H](O)C[C@H]2C1. The summed E-state index contributed by atoms with van der Waals surface area (Å²) in [6, 6.07) is 11.3. The number of aromatic amines is 1. The molecule has 154 valence electrons. The molecule has 2 aliphatic heterocycles. The van der Waals surface area contributed by atoms with Gasteiger partial charge in [0.1, 0.15) is 17.3 Å². The molecule has 2 N–H and O–H groups in total. The first-order valence-corrected chi connectivity index (χ1v) is 10.4. The fourth-order valence-electron chi connectivity index (χ4n) is 4.41. The minimum Gasteiger partial charge on any atom is -0.391 e. The van der Waals surface area contributed by atoms with Crippen LogP contribution in [0, 0.1) is 6.92 Å². The summed E-state index contributed by atoms with van der Waals surface area (Å²) < 4.78 is 0. The molecule has 8 heteroatoms. The van der Waals surface area contributed by atoms with Crippen LogP contribution in [-0.4, -0.2) is 56.1 Å². The summed E-state index contributed by atoms with van der Waals surface area (Å²) in [5.41, 5.74) is 2.93. The Morgan fingerprint density at radius 3 is 2.97 bits per heavy atom. The normalized spacial score (nSPS) is 20.6. The zero-order valence-electron chi connectivity index (χ0n) is 16.5. The van der Waals surface area contributed by atoms with Crippen molar-refractivity contribution < 1.29 is 9.90 Å². The lowest BCUT2D eigenvalue weighted by Gasteiger charge is -2.26. The van der Waals surface area contributed by atoms with E-state index in [2.05, 4.69) is 19.9 Å². The molecule has 30 heavy (non-hydrogen) atoms. The summed E-state index contributed by atoms with van der Waals surface area (Å²) in [4.78, 5) is 29.8. The number of aromatic nitrogens is 3. The molecule has 7 nitrogen and oxygen atoms in total. The molecule has 2 aliphatic rings. The molecule has 1 fully saturated rings. The molecule has 4 heterocycles. The molecule has 0 radical (unpaired) electrons. The second-order valence-corrected chi connectivity index (χ2v) is 8.37. The van der Waals surface area contributed by atoms with E-state index >= 15 is 0 Å². The van der Waals surface area contributed by atoms with Gasteiger partial charge < -0.3 is 19.9 Å². The second-order valence-electron chi connectivity index (χ2n) is 7.94. The van der Waals surface area contributed by atoms with Gasteiger partial charge in [0.2, 0.25) is 0 Å². The van der Waals surface area contributed by atoms with Gasteiger partial charge in [-0.2, -0.15) is 0 Å². The summed E-state index contributed by atoms with van der Waals surface area (Å²) in [6.45, 7) is 3.37. The standard InChI is InChI=1S/C22H22ClN5O2/c1-13-19(26-20(25-13)14-4-2-6-16(23)8-14)22(30)27-10-15-5-3-7-24-21(15)28-12-18(29)9-17(28)11-27/h2-8,17-18,29H,9-12H2,1H3,(H,25,26)/t17-,18+/m0/s1. The second kappa shape index (κ2) is 7.41. The first-order chi connectivity index (χ1) is 14.5. The number of nitrogens with zero attached hydrogens (tertiary/aromatic N) is 4. The van der Waals surface area contributed by atoms with E-state index in [-0.39, 0.29) is 11.9 Å². The van der Waals surface area contributed by atoms with Crippen LogP contribution in [0.3, 0.4) is 0 Å². The van der Waals surface area contributed by atoms with E-state index in [0.717, 1.165) is 16.9 Å². The first-order valence-electron chi connectivity index (χ1n) is 10.00. The van der Waals surface area contributed by atoms with Crippen molar-refractivity contribution in [2.24, 2.45) is 0 Å². The third-order valence-corrected chi connectivity index (χ3v) is 6.03. The number of amides is 1. The number of aryl methyl sites for hydroxylation is 1. The van der Waals surface area contributed by atoms with Crippen molar-refractivity contribution in [1.82, 2.24) is 19.9 Å². The minimum atomic E-state index is -0.415. The largest absolute Gasteiger partial charge is 0.391 e. The lowest BCUT2D eigenvalue weighted by atomic mass is 10.1. The maximum Gasteiger partial charge on any atom is 0.274 e. The van der Waals surface area contributed by atoms with Crippen molar-refractivity contribution in [2.75, 3.05) is 18.0 Å². The molecule has 1 amide bonds. The molecule has 3 aromatic rings. The van der Waals surface area contributed by atoms with Crippen molar-refractivity contribution in [2.45, 2.75) is 32.0 Å². The molecule has 2 atom stereocenters. The van der Waals surface area contributed by atoms with Gasteiger partial charge in [0.25, 0.3) is 5.91 Å². The summed E-state index contributed by atoms with van der Waals surface area (Å²) in [5.74, 6) is 1.34. The summed E-state index contributed by atoms with van der Waals surface area (Å²) in [5, 5.41) is 10.8. The monoisotopic (exact) mass is 423 g/mol. The fourth-order valence-corrected chi connectivity index (χ4v) is 4.60.